The molecule has 1 N–H and O–H groups in total. The third kappa shape index (κ3) is 4.31. The van der Waals surface area contributed by atoms with Crippen LogP contribution in [0, 0.1) is 12.7 Å². The number of amides is 1. The summed E-state index contributed by atoms with van der Waals surface area (Å²) in [6, 6.07) is 13.4. The maximum atomic E-state index is 13.7. The Labute approximate surface area is 183 Å². The summed E-state index contributed by atoms with van der Waals surface area (Å²) in [5.74, 6) is 1.07. The van der Waals surface area contributed by atoms with Crippen LogP contribution in [0.4, 0.5) is 10.1 Å². The maximum Gasteiger partial charge on any atom is 0.274 e. The van der Waals surface area contributed by atoms with Crippen LogP contribution in [-0.2, 0) is 11.3 Å². The number of aryl methyl sites for hydroxylation is 1. The van der Waals surface area contributed by atoms with E-state index in [1.807, 2.05) is 0 Å². The Morgan fingerprint density at radius 3 is 2.69 bits per heavy atom. The van der Waals surface area contributed by atoms with Crippen molar-refractivity contribution in [2.75, 3.05) is 19.5 Å². The molecule has 32 heavy (non-hydrogen) atoms. The highest BCUT2D eigenvalue weighted by Crippen LogP contribution is 2.32. The first kappa shape index (κ1) is 21.1. The molecule has 0 radical (unpaired) electrons. The summed E-state index contributed by atoms with van der Waals surface area (Å²) in [6.45, 7) is 1.65. The highest BCUT2D eigenvalue weighted by molar-refractivity contribution is 5.90. The normalized spacial score (nSPS) is 10.8. The third-order valence-corrected chi connectivity index (χ3v) is 4.89. The van der Waals surface area contributed by atoms with Gasteiger partial charge in [0.2, 0.25) is 11.7 Å². The van der Waals surface area contributed by atoms with Crippen LogP contribution in [0.3, 0.4) is 0 Å². The summed E-state index contributed by atoms with van der Waals surface area (Å²) >= 11 is 0. The molecular formula is C23H21FN4O4. The Balaban J connectivity index is 1.52. The van der Waals surface area contributed by atoms with E-state index in [9.17, 15) is 9.18 Å². The molecule has 0 saturated carbocycles. The van der Waals surface area contributed by atoms with Crippen LogP contribution in [-0.4, -0.2) is 34.8 Å². The lowest BCUT2D eigenvalue weighted by Gasteiger charge is -2.09. The van der Waals surface area contributed by atoms with E-state index in [0.717, 1.165) is 0 Å². The molecule has 8 nitrogen and oxygen atoms in total. The minimum absolute atomic E-state index is 0.00803. The van der Waals surface area contributed by atoms with Gasteiger partial charge in [0.1, 0.15) is 18.1 Å². The minimum atomic E-state index is -0.377. The molecule has 0 aliphatic carbocycles. The lowest BCUT2D eigenvalue weighted by molar-refractivity contribution is -0.116. The topological polar surface area (TPSA) is 91.4 Å². The number of methoxy groups -OCH3 is 2. The second-order valence-electron chi connectivity index (χ2n) is 7.03. The van der Waals surface area contributed by atoms with E-state index in [4.69, 9.17) is 14.0 Å². The number of halogens is 1. The van der Waals surface area contributed by atoms with Crippen LogP contribution in [0.25, 0.3) is 23.0 Å². The fourth-order valence-corrected chi connectivity index (χ4v) is 3.19. The molecule has 4 rings (SSSR count). The molecule has 0 saturated heterocycles. The highest BCUT2D eigenvalue weighted by atomic mass is 19.1. The number of benzene rings is 2. The molecule has 0 bridgehead atoms. The predicted molar refractivity (Wildman–Crippen MR) is 116 cm³/mol. The van der Waals surface area contributed by atoms with Crippen molar-refractivity contribution in [1.82, 2.24) is 14.7 Å². The van der Waals surface area contributed by atoms with E-state index in [-0.39, 0.29) is 24.2 Å². The fraction of sp³-hybridized carbons (Fsp3) is 0.174. The molecule has 0 unspecified atom stereocenters. The zero-order valence-electron chi connectivity index (χ0n) is 17.8. The number of anilines is 1. The molecular weight excluding hydrogens is 415 g/mol. The Morgan fingerprint density at radius 1 is 1.12 bits per heavy atom. The van der Waals surface area contributed by atoms with E-state index in [1.165, 1.54) is 6.07 Å². The van der Waals surface area contributed by atoms with Gasteiger partial charge >= 0.3 is 0 Å². The molecule has 9 heteroatoms. The summed E-state index contributed by atoms with van der Waals surface area (Å²) < 4.78 is 31.4. The number of rotatable bonds is 7. The van der Waals surface area contributed by atoms with Crippen LogP contribution >= 0.6 is 0 Å². The summed E-state index contributed by atoms with van der Waals surface area (Å²) in [5, 5.41) is 6.73. The lowest BCUT2D eigenvalue weighted by atomic mass is 10.2. The number of nitrogens with one attached hydrogen (secondary N) is 1. The fourth-order valence-electron chi connectivity index (χ4n) is 3.19. The van der Waals surface area contributed by atoms with Crippen molar-refractivity contribution in [3.05, 3.63) is 66.1 Å². The Hall–Kier alpha value is -4.14. The quantitative estimate of drug-likeness (QED) is 0.464. The molecule has 0 fully saturated rings. The number of ether oxygens (including phenoxy) is 2. The zero-order chi connectivity index (χ0) is 22.7. The van der Waals surface area contributed by atoms with E-state index >= 15 is 0 Å². The van der Waals surface area contributed by atoms with Gasteiger partial charge in [-0.05, 0) is 55.0 Å². The summed E-state index contributed by atoms with van der Waals surface area (Å²) in [7, 11) is 3.11. The average molecular weight is 436 g/mol. The molecule has 2 aromatic carbocycles. The first-order chi connectivity index (χ1) is 15.5. The number of carbonyl (C=O) groups is 1. The summed E-state index contributed by atoms with van der Waals surface area (Å²) in [6.07, 6.45) is 1.73. The number of hydrogen-bond donors (Lipinski definition) is 1. The van der Waals surface area contributed by atoms with E-state index in [1.54, 1.807) is 74.4 Å². The Morgan fingerprint density at radius 2 is 1.94 bits per heavy atom. The van der Waals surface area contributed by atoms with Crippen molar-refractivity contribution >= 4 is 11.6 Å². The van der Waals surface area contributed by atoms with Crippen molar-refractivity contribution < 1.29 is 23.2 Å². The largest absolute Gasteiger partial charge is 0.493 e. The monoisotopic (exact) mass is 436 g/mol. The van der Waals surface area contributed by atoms with Crippen LogP contribution < -0.4 is 14.8 Å². The van der Waals surface area contributed by atoms with Crippen molar-refractivity contribution in [2.45, 2.75) is 13.5 Å². The van der Waals surface area contributed by atoms with E-state index < -0.39 is 0 Å². The van der Waals surface area contributed by atoms with Gasteiger partial charge in [0, 0.05) is 17.4 Å². The van der Waals surface area contributed by atoms with E-state index in [2.05, 4.69) is 15.5 Å². The van der Waals surface area contributed by atoms with Gasteiger partial charge in [-0.15, -0.1) is 0 Å². The standard InChI is InChI=1S/C23H21FN4O4/c1-14-6-8-16(12-17(14)24)25-21(29)13-28-10-4-5-18(28)23-26-22(27-32-23)15-7-9-19(30-2)20(11-15)31-3/h4-12H,13H2,1-3H3,(H,25,29). The molecule has 0 aliphatic heterocycles. The second kappa shape index (κ2) is 8.93. The SMILES string of the molecule is COc1ccc(-c2noc(-c3cccn3CC(=O)Nc3ccc(C)c(F)c3)n2)cc1OC. The van der Waals surface area contributed by atoms with Crippen LogP contribution in [0.15, 0.2) is 59.3 Å². The second-order valence-corrected chi connectivity index (χ2v) is 7.03. The molecule has 0 spiro atoms. The summed E-state index contributed by atoms with van der Waals surface area (Å²) in [5.41, 5.74) is 2.17. The van der Waals surface area contributed by atoms with E-state index in [0.29, 0.717) is 39.8 Å². The molecule has 2 heterocycles. The Kier molecular flexibility index (Phi) is 5.89. The van der Waals surface area contributed by atoms with Crippen LogP contribution in [0.5, 0.6) is 11.5 Å². The van der Waals surface area contributed by atoms with Gasteiger partial charge in [-0.25, -0.2) is 4.39 Å². The predicted octanol–water partition coefficient (Wildman–Crippen LogP) is 4.31. The molecule has 164 valence electrons. The van der Waals surface area contributed by atoms with Crippen molar-refractivity contribution in [1.29, 1.82) is 0 Å². The van der Waals surface area contributed by atoms with Crippen LogP contribution in [0.2, 0.25) is 0 Å². The molecule has 1 amide bonds. The molecule has 0 atom stereocenters. The smallest absolute Gasteiger partial charge is 0.274 e. The number of hydrogen-bond acceptors (Lipinski definition) is 6. The molecule has 2 aromatic heterocycles. The number of nitrogens with zero attached hydrogens (tertiary/aromatic N) is 3. The maximum absolute atomic E-state index is 13.7. The van der Waals surface area contributed by atoms with Crippen molar-refractivity contribution in [3.63, 3.8) is 0 Å². The van der Waals surface area contributed by atoms with Crippen molar-refractivity contribution in [2.24, 2.45) is 0 Å². The average Bonchev–Trinajstić information content (AvgIpc) is 3.45. The van der Waals surface area contributed by atoms with Gasteiger partial charge in [-0.3, -0.25) is 4.79 Å². The lowest BCUT2D eigenvalue weighted by Crippen LogP contribution is -2.19. The van der Waals surface area contributed by atoms with Gasteiger partial charge in [-0.2, -0.15) is 4.98 Å². The van der Waals surface area contributed by atoms with Gasteiger partial charge in [-0.1, -0.05) is 11.2 Å². The summed E-state index contributed by atoms with van der Waals surface area (Å²) in [4.78, 5) is 16.9. The zero-order valence-corrected chi connectivity index (χ0v) is 17.8. The number of aromatic nitrogens is 3. The molecule has 4 aromatic rings. The van der Waals surface area contributed by atoms with Gasteiger partial charge in [0.15, 0.2) is 11.5 Å². The van der Waals surface area contributed by atoms with Gasteiger partial charge in [0.05, 0.1) is 14.2 Å². The van der Waals surface area contributed by atoms with Crippen LogP contribution in [0.1, 0.15) is 5.56 Å². The highest BCUT2D eigenvalue weighted by Gasteiger charge is 2.17. The first-order valence-electron chi connectivity index (χ1n) is 9.76. The van der Waals surface area contributed by atoms with Gasteiger partial charge in [0.25, 0.3) is 5.89 Å². The number of carbonyl (C=O) groups excluding carboxylic acids is 1. The minimum Gasteiger partial charge on any atom is -0.493 e. The Bertz CT molecular complexity index is 1260. The first-order valence-corrected chi connectivity index (χ1v) is 9.76. The molecule has 0 aliphatic rings. The van der Waals surface area contributed by atoms with Crippen molar-refractivity contribution in [3.8, 4) is 34.5 Å². The third-order valence-electron chi connectivity index (χ3n) is 4.89. The van der Waals surface area contributed by atoms with Gasteiger partial charge < -0.3 is 23.9 Å².